The molecule has 33 heavy (non-hydrogen) atoms. The van der Waals surface area contributed by atoms with Gasteiger partial charge in [0.25, 0.3) is 5.56 Å². The molecule has 5 aromatic rings. The van der Waals surface area contributed by atoms with E-state index in [0.29, 0.717) is 22.2 Å². The molecule has 0 unspecified atom stereocenters. The molecule has 0 spiro atoms. The van der Waals surface area contributed by atoms with E-state index in [4.69, 9.17) is 0 Å². The number of hydrogen-bond donors (Lipinski definition) is 1. The molecule has 0 saturated carbocycles. The molecule has 0 aliphatic heterocycles. The summed E-state index contributed by atoms with van der Waals surface area (Å²) in [6.45, 7) is 4.35. The van der Waals surface area contributed by atoms with Crippen molar-refractivity contribution < 1.29 is 4.79 Å². The van der Waals surface area contributed by atoms with Crippen LogP contribution in [0.5, 0.6) is 0 Å². The Balaban J connectivity index is 1.46. The zero-order chi connectivity index (χ0) is 22.9. The lowest BCUT2D eigenvalue weighted by molar-refractivity contribution is -0.113. The molecule has 3 heterocycles. The Morgan fingerprint density at radius 2 is 1.91 bits per heavy atom. The molecule has 0 aliphatic rings. The number of hydrogen-bond acceptors (Lipinski definition) is 6. The topological polar surface area (TPSA) is 81.3 Å². The highest BCUT2D eigenvalue weighted by molar-refractivity contribution is 7.99. The molecule has 166 valence electrons. The number of rotatable bonds is 6. The van der Waals surface area contributed by atoms with Gasteiger partial charge >= 0.3 is 0 Å². The summed E-state index contributed by atoms with van der Waals surface area (Å²) in [6.07, 6.45) is 0. The first kappa shape index (κ1) is 21.4. The zero-order valence-electron chi connectivity index (χ0n) is 18.1. The molecular formula is C24H21N5O2S2. The van der Waals surface area contributed by atoms with Crippen molar-refractivity contribution in [2.45, 2.75) is 25.5 Å². The van der Waals surface area contributed by atoms with Gasteiger partial charge in [0.1, 0.15) is 4.70 Å². The molecule has 0 atom stereocenters. The van der Waals surface area contributed by atoms with Crippen molar-refractivity contribution in [3.05, 3.63) is 87.0 Å². The van der Waals surface area contributed by atoms with Crippen molar-refractivity contribution >= 4 is 50.7 Å². The largest absolute Gasteiger partial charge is 0.325 e. The minimum absolute atomic E-state index is 0.0898. The Morgan fingerprint density at radius 1 is 1.09 bits per heavy atom. The first-order valence-electron chi connectivity index (χ1n) is 10.4. The lowest BCUT2D eigenvalue weighted by Crippen LogP contribution is -2.23. The van der Waals surface area contributed by atoms with E-state index in [-0.39, 0.29) is 17.2 Å². The molecule has 0 aliphatic carbocycles. The quantitative estimate of drug-likeness (QED) is 0.366. The van der Waals surface area contributed by atoms with Crippen LogP contribution in [-0.4, -0.2) is 30.8 Å². The highest BCUT2D eigenvalue weighted by atomic mass is 32.2. The van der Waals surface area contributed by atoms with Gasteiger partial charge in [-0.3, -0.25) is 18.6 Å². The lowest BCUT2D eigenvalue weighted by Gasteiger charge is -2.10. The molecule has 2 aromatic carbocycles. The van der Waals surface area contributed by atoms with Gasteiger partial charge in [-0.05, 0) is 48.1 Å². The van der Waals surface area contributed by atoms with Crippen molar-refractivity contribution in [3.63, 3.8) is 0 Å². The van der Waals surface area contributed by atoms with E-state index in [2.05, 4.69) is 15.5 Å². The van der Waals surface area contributed by atoms with Crippen LogP contribution in [0, 0.1) is 13.8 Å². The van der Waals surface area contributed by atoms with E-state index >= 15 is 0 Å². The van der Waals surface area contributed by atoms with Gasteiger partial charge in [-0.25, -0.2) is 0 Å². The van der Waals surface area contributed by atoms with Gasteiger partial charge in [-0.1, -0.05) is 54.2 Å². The van der Waals surface area contributed by atoms with E-state index in [0.717, 1.165) is 27.9 Å². The molecule has 9 heteroatoms. The van der Waals surface area contributed by atoms with Crippen LogP contribution in [0.3, 0.4) is 0 Å². The Kier molecular flexibility index (Phi) is 5.74. The zero-order valence-corrected chi connectivity index (χ0v) is 19.7. The number of aromatic nitrogens is 4. The number of carbonyl (C=O) groups excluding carboxylic acids is 1. The number of amides is 1. The number of thiophene rings is 1. The summed E-state index contributed by atoms with van der Waals surface area (Å²) in [7, 11) is 0. The third-order valence-corrected chi connectivity index (χ3v) is 7.19. The van der Waals surface area contributed by atoms with Crippen LogP contribution in [0.25, 0.3) is 16.0 Å². The standard InChI is InChI=1S/C24H21N5O2S2/c1-15-8-9-16(2)18(12-15)25-20(30)14-33-24-27-26-23-28(13-17-6-4-3-5-7-17)22(31)21-19(29(23)24)10-11-32-21/h3-12H,13-14H2,1-2H3,(H,25,30). The molecule has 1 N–H and O–H groups in total. The van der Waals surface area contributed by atoms with E-state index in [1.807, 2.05) is 78.2 Å². The fourth-order valence-corrected chi connectivity index (χ4v) is 5.25. The number of anilines is 1. The number of thioether (sulfide) groups is 1. The summed E-state index contributed by atoms with van der Waals surface area (Å²) in [6, 6.07) is 17.6. The van der Waals surface area contributed by atoms with Gasteiger partial charge in [0.05, 0.1) is 17.8 Å². The number of nitrogens with zero attached hydrogens (tertiary/aromatic N) is 4. The van der Waals surface area contributed by atoms with Crippen molar-refractivity contribution in [3.8, 4) is 0 Å². The summed E-state index contributed by atoms with van der Waals surface area (Å²) in [5, 5.41) is 14.1. The van der Waals surface area contributed by atoms with Crippen molar-refractivity contribution in [2.24, 2.45) is 0 Å². The number of benzene rings is 2. The first-order chi connectivity index (χ1) is 16.0. The summed E-state index contributed by atoms with van der Waals surface area (Å²) in [5.74, 6) is 0.522. The predicted octanol–water partition coefficient (Wildman–Crippen LogP) is 4.50. The van der Waals surface area contributed by atoms with Crippen LogP contribution in [0.2, 0.25) is 0 Å². The molecule has 0 fully saturated rings. The lowest BCUT2D eigenvalue weighted by atomic mass is 10.1. The Bertz CT molecular complexity index is 1540. The van der Waals surface area contributed by atoms with Crippen LogP contribution in [-0.2, 0) is 11.3 Å². The fraction of sp³-hybridized carbons (Fsp3) is 0.167. The second-order valence-electron chi connectivity index (χ2n) is 7.79. The Labute approximate surface area is 198 Å². The number of carbonyl (C=O) groups is 1. The molecule has 7 nitrogen and oxygen atoms in total. The van der Waals surface area contributed by atoms with Crippen LogP contribution in [0.1, 0.15) is 16.7 Å². The maximum absolute atomic E-state index is 13.2. The highest BCUT2D eigenvalue weighted by Gasteiger charge is 2.19. The summed E-state index contributed by atoms with van der Waals surface area (Å²) in [4.78, 5) is 25.8. The normalized spacial score (nSPS) is 11.3. The predicted molar refractivity (Wildman–Crippen MR) is 133 cm³/mol. The molecule has 3 aromatic heterocycles. The van der Waals surface area contributed by atoms with Gasteiger partial charge in [-0.15, -0.1) is 21.5 Å². The second-order valence-corrected chi connectivity index (χ2v) is 9.64. The van der Waals surface area contributed by atoms with Gasteiger partial charge < -0.3 is 5.32 Å². The number of fused-ring (bicyclic) bond motifs is 3. The molecular weight excluding hydrogens is 454 g/mol. The molecule has 1 amide bonds. The number of aryl methyl sites for hydroxylation is 2. The van der Waals surface area contributed by atoms with Crippen molar-refractivity contribution in [1.82, 2.24) is 19.2 Å². The van der Waals surface area contributed by atoms with Crippen LogP contribution in [0.4, 0.5) is 5.69 Å². The maximum atomic E-state index is 13.2. The monoisotopic (exact) mass is 475 g/mol. The minimum atomic E-state index is -0.121. The van der Waals surface area contributed by atoms with Crippen LogP contribution in [0.15, 0.2) is 69.9 Å². The van der Waals surface area contributed by atoms with Gasteiger partial charge in [0.2, 0.25) is 11.7 Å². The van der Waals surface area contributed by atoms with Gasteiger partial charge in [-0.2, -0.15) is 0 Å². The second kappa shape index (κ2) is 8.84. The van der Waals surface area contributed by atoms with Gasteiger partial charge in [0.15, 0.2) is 5.16 Å². The third kappa shape index (κ3) is 4.17. The average Bonchev–Trinajstić information content (AvgIpc) is 3.45. The molecule has 0 saturated heterocycles. The van der Waals surface area contributed by atoms with E-state index in [1.165, 1.54) is 23.1 Å². The van der Waals surface area contributed by atoms with E-state index in [1.54, 1.807) is 4.57 Å². The average molecular weight is 476 g/mol. The first-order valence-corrected chi connectivity index (χ1v) is 12.3. The minimum Gasteiger partial charge on any atom is -0.325 e. The smallest absolute Gasteiger partial charge is 0.273 e. The third-order valence-electron chi connectivity index (χ3n) is 5.37. The highest BCUT2D eigenvalue weighted by Crippen LogP contribution is 2.25. The van der Waals surface area contributed by atoms with Crippen LogP contribution >= 0.6 is 23.1 Å². The summed E-state index contributed by atoms with van der Waals surface area (Å²) >= 11 is 2.70. The number of nitrogens with one attached hydrogen (secondary N) is 1. The van der Waals surface area contributed by atoms with E-state index < -0.39 is 0 Å². The van der Waals surface area contributed by atoms with Gasteiger partial charge in [0, 0.05) is 5.69 Å². The van der Waals surface area contributed by atoms with Crippen LogP contribution < -0.4 is 10.9 Å². The maximum Gasteiger partial charge on any atom is 0.273 e. The summed E-state index contributed by atoms with van der Waals surface area (Å²) in [5.41, 5.74) is 4.57. The Hall–Kier alpha value is -3.43. The SMILES string of the molecule is Cc1ccc(C)c(NC(=O)CSc2nnc3n(Cc4ccccc4)c(=O)c4sccc4n23)c1. The summed E-state index contributed by atoms with van der Waals surface area (Å²) < 4.78 is 4.15. The molecule has 5 rings (SSSR count). The van der Waals surface area contributed by atoms with Crippen molar-refractivity contribution in [2.75, 3.05) is 11.1 Å². The van der Waals surface area contributed by atoms with Crippen molar-refractivity contribution in [1.29, 1.82) is 0 Å². The molecule has 0 bridgehead atoms. The van der Waals surface area contributed by atoms with E-state index in [9.17, 15) is 9.59 Å². The fourth-order valence-electron chi connectivity index (χ4n) is 3.69. The Morgan fingerprint density at radius 3 is 2.73 bits per heavy atom. The molecule has 0 radical (unpaired) electrons.